The van der Waals surface area contributed by atoms with Crippen molar-refractivity contribution in [1.29, 1.82) is 0 Å². The third-order valence-corrected chi connectivity index (χ3v) is 3.46. The average molecular weight is 254 g/mol. The Kier molecular flexibility index (Phi) is 3.61. The normalized spacial score (nSPS) is 24.1. The Morgan fingerprint density at radius 1 is 1.39 bits per heavy atom. The molecule has 2 rings (SSSR count). The molecule has 1 fully saturated rings. The number of benzene rings is 1. The standard InChI is InChI=1S/C13H16F2N2O/c1-8-9(2)17(6-5-16-8)13(18)11-4-3-10(14)7-12(11)15/h3-4,7-9,16H,5-6H2,1-2H3. The second kappa shape index (κ2) is 5.02. The number of carbonyl (C=O) groups excluding carboxylic acids is 1. The number of amides is 1. The summed E-state index contributed by atoms with van der Waals surface area (Å²) in [5, 5.41) is 3.24. The number of halogens is 2. The highest BCUT2D eigenvalue weighted by molar-refractivity contribution is 5.94. The van der Waals surface area contributed by atoms with Crippen molar-refractivity contribution >= 4 is 5.91 Å². The first-order valence-corrected chi connectivity index (χ1v) is 6.00. The largest absolute Gasteiger partial charge is 0.333 e. The van der Waals surface area contributed by atoms with Crippen molar-refractivity contribution in [1.82, 2.24) is 10.2 Å². The molecular formula is C13H16F2N2O. The van der Waals surface area contributed by atoms with Gasteiger partial charge in [-0.05, 0) is 26.0 Å². The highest BCUT2D eigenvalue weighted by Gasteiger charge is 2.29. The highest BCUT2D eigenvalue weighted by atomic mass is 19.1. The van der Waals surface area contributed by atoms with Gasteiger partial charge in [-0.25, -0.2) is 8.78 Å². The molecule has 1 aromatic rings. The van der Waals surface area contributed by atoms with Crippen molar-refractivity contribution in [2.75, 3.05) is 13.1 Å². The van der Waals surface area contributed by atoms with Gasteiger partial charge < -0.3 is 10.2 Å². The fraction of sp³-hybridized carbons (Fsp3) is 0.462. The number of carbonyl (C=O) groups is 1. The van der Waals surface area contributed by atoms with E-state index in [-0.39, 0.29) is 23.6 Å². The Hall–Kier alpha value is -1.49. The summed E-state index contributed by atoms with van der Waals surface area (Å²) in [6, 6.07) is 3.18. The summed E-state index contributed by atoms with van der Waals surface area (Å²) in [6.45, 7) is 5.10. The van der Waals surface area contributed by atoms with Crippen molar-refractivity contribution in [3.8, 4) is 0 Å². The van der Waals surface area contributed by atoms with Crippen LogP contribution >= 0.6 is 0 Å². The number of rotatable bonds is 1. The fourth-order valence-corrected chi connectivity index (χ4v) is 2.16. The van der Waals surface area contributed by atoms with Gasteiger partial charge in [0, 0.05) is 31.2 Å². The van der Waals surface area contributed by atoms with Crippen LogP contribution in [0.5, 0.6) is 0 Å². The predicted molar refractivity (Wildman–Crippen MR) is 64.3 cm³/mol. The molecule has 1 aliphatic rings. The van der Waals surface area contributed by atoms with Gasteiger partial charge in [-0.2, -0.15) is 0 Å². The second-order valence-electron chi connectivity index (χ2n) is 4.61. The van der Waals surface area contributed by atoms with Crippen molar-refractivity contribution in [2.45, 2.75) is 25.9 Å². The van der Waals surface area contributed by atoms with E-state index in [4.69, 9.17) is 0 Å². The van der Waals surface area contributed by atoms with Crippen LogP contribution in [0.25, 0.3) is 0 Å². The minimum Gasteiger partial charge on any atom is -0.333 e. The van der Waals surface area contributed by atoms with E-state index in [0.717, 1.165) is 12.1 Å². The van der Waals surface area contributed by atoms with Crippen molar-refractivity contribution in [2.24, 2.45) is 0 Å². The number of piperazine rings is 1. The van der Waals surface area contributed by atoms with Crippen LogP contribution in [0.1, 0.15) is 24.2 Å². The lowest BCUT2D eigenvalue weighted by Gasteiger charge is -2.38. The molecule has 2 atom stereocenters. The van der Waals surface area contributed by atoms with E-state index < -0.39 is 11.6 Å². The van der Waals surface area contributed by atoms with Gasteiger partial charge in [-0.15, -0.1) is 0 Å². The van der Waals surface area contributed by atoms with Crippen molar-refractivity contribution in [3.63, 3.8) is 0 Å². The van der Waals surface area contributed by atoms with Gasteiger partial charge in [0.15, 0.2) is 0 Å². The molecule has 3 nitrogen and oxygen atoms in total. The Balaban J connectivity index is 2.25. The van der Waals surface area contributed by atoms with E-state index in [2.05, 4.69) is 5.32 Å². The van der Waals surface area contributed by atoms with E-state index in [0.29, 0.717) is 13.1 Å². The molecular weight excluding hydrogens is 238 g/mol. The van der Waals surface area contributed by atoms with Gasteiger partial charge in [0.1, 0.15) is 11.6 Å². The first-order valence-electron chi connectivity index (χ1n) is 6.00. The zero-order valence-corrected chi connectivity index (χ0v) is 10.4. The Labute approximate surface area is 105 Å². The van der Waals surface area contributed by atoms with Gasteiger partial charge in [-0.1, -0.05) is 0 Å². The molecule has 0 aromatic heterocycles. The summed E-state index contributed by atoms with van der Waals surface area (Å²) < 4.78 is 26.4. The molecule has 1 saturated heterocycles. The zero-order valence-electron chi connectivity index (χ0n) is 10.4. The highest BCUT2D eigenvalue weighted by Crippen LogP contribution is 2.17. The molecule has 18 heavy (non-hydrogen) atoms. The van der Waals surface area contributed by atoms with Gasteiger partial charge in [0.05, 0.1) is 5.56 Å². The van der Waals surface area contributed by atoms with Crippen LogP contribution in [-0.2, 0) is 0 Å². The van der Waals surface area contributed by atoms with Gasteiger partial charge in [-0.3, -0.25) is 4.79 Å². The molecule has 0 saturated carbocycles. The van der Waals surface area contributed by atoms with E-state index in [1.165, 1.54) is 6.07 Å². The maximum absolute atomic E-state index is 13.6. The van der Waals surface area contributed by atoms with Gasteiger partial charge in [0.2, 0.25) is 0 Å². The molecule has 0 spiro atoms. The second-order valence-corrected chi connectivity index (χ2v) is 4.61. The molecule has 1 amide bonds. The maximum Gasteiger partial charge on any atom is 0.257 e. The molecule has 1 N–H and O–H groups in total. The van der Waals surface area contributed by atoms with Crippen LogP contribution in [0.4, 0.5) is 8.78 Å². The zero-order chi connectivity index (χ0) is 13.3. The third-order valence-electron chi connectivity index (χ3n) is 3.46. The quantitative estimate of drug-likeness (QED) is 0.828. The molecule has 5 heteroatoms. The maximum atomic E-state index is 13.6. The van der Waals surface area contributed by atoms with Gasteiger partial charge >= 0.3 is 0 Å². The molecule has 0 aliphatic carbocycles. The van der Waals surface area contributed by atoms with Crippen LogP contribution in [0.2, 0.25) is 0 Å². The first kappa shape index (κ1) is 13.0. The molecule has 2 unspecified atom stereocenters. The Morgan fingerprint density at radius 2 is 2.11 bits per heavy atom. The summed E-state index contributed by atoms with van der Waals surface area (Å²) in [7, 11) is 0. The fourth-order valence-electron chi connectivity index (χ4n) is 2.16. The monoisotopic (exact) mass is 254 g/mol. The molecule has 0 radical (unpaired) electrons. The molecule has 0 bridgehead atoms. The summed E-state index contributed by atoms with van der Waals surface area (Å²) in [6.07, 6.45) is 0. The number of hydrogen-bond donors (Lipinski definition) is 1. The van der Waals surface area contributed by atoms with Crippen LogP contribution in [0.15, 0.2) is 18.2 Å². The molecule has 1 aliphatic heterocycles. The average Bonchev–Trinajstić information content (AvgIpc) is 2.32. The van der Waals surface area contributed by atoms with Crippen molar-refractivity contribution < 1.29 is 13.6 Å². The minimum absolute atomic E-state index is 0.0179. The minimum atomic E-state index is -0.807. The van der Waals surface area contributed by atoms with Crippen molar-refractivity contribution in [3.05, 3.63) is 35.4 Å². The van der Waals surface area contributed by atoms with Crippen LogP contribution in [0.3, 0.4) is 0 Å². The number of hydrogen-bond acceptors (Lipinski definition) is 2. The third kappa shape index (κ3) is 2.36. The summed E-state index contributed by atoms with van der Waals surface area (Å²) in [5.41, 5.74) is -0.0719. The number of nitrogens with one attached hydrogen (secondary N) is 1. The summed E-state index contributed by atoms with van der Waals surface area (Å²) in [5.74, 6) is -1.86. The van der Waals surface area contributed by atoms with E-state index >= 15 is 0 Å². The SMILES string of the molecule is CC1NCCN(C(=O)c2ccc(F)cc2F)C1C. The lowest BCUT2D eigenvalue weighted by atomic mass is 10.1. The van der Waals surface area contributed by atoms with Crippen LogP contribution in [0, 0.1) is 11.6 Å². The number of nitrogens with zero attached hydrogens (tertiary/aromatic N) is 1. The van der Waals surface area contributed by atoms with Crippen LogP contribution < -0.4 is 5.32 Å². The summed E-state index contributed by atoms with van der Waals surface area (Å²) in [4.78, 5) is 13.8. The molecule has 1 aromatic carbocycles. The summed E-state index contributed by atoms with van der Waals surface area (Å²) >= 11 is 0. The Bertz CT molecular complexity index is 464. The van der Waals surface area contributed by atoms with E-state index in [1.54, 1.807) is 4.90 Å². The first-order chi connectivity index (χ1) is 8.50. The van der Waals surface area contributed by atoms with E-state index in [1.807, 2.05) is 13.8 Å². The molecule has 98 valence electrons. The Morgan fingerprint density at radius 3 is 2.78 bits per heavy atom. The lowest BCUT2D eigenvalue weighted by molar-refractivity contribution is 0.0598. The molecule has 1 heterocycles. The van der Waals surface area contributed by atoms with Gasteiger partial charge in [0.25, 0.3) is 5.91 Å². The smallest absolute Gasteiger partial charge is 0.257 e. The lowest BCUT2D eigenvalue weighted by Crippen LogP contribution is -2.57. The van der Waals surface area contributed by atoms with Crippen LogP contribution in [-0.4, -0.2) is 36.0 Å². The van der Waals surface area contributed by atoms with E-state index in [9.17, 15) is 13.6 Å². The topological polar surface area (TPSA) is 32.3 Å². The predicted octanol–water partition coefficient (Wildman–Crippen LogP) is 1.79.